The highest BCUT2D eigenvalue weighted by molar-refractivity contribution is 5.68. The van der Waals surface area contributed by atoms with Crippen molar-refractivity contribution in [3.63, 3.8) is 0 Å². The summed E-state index contributed by atoms with van der Waals surface area (Å²) in [5.41, 5.74) is -0.0550. The molecule has 0 saturated carbocycles. The average molecular weight is 267 g/mol. The van der Waals surface area contributed by atoms with E-state index in [1.165, 1.54) is 0 Å². The molecule has 1 amide bonds. The molecule has 5 nitrogen and oxygen atoms in total. The Morgan fingerprint density at radius 3 is 3.11 bits per heavy atom. The molecule has 0 aromatic carbocycles. The van der Waals surface area contributed by atoms with Crippen molar-refractivity contribution < 1.29 is 19.0 Å². The minimum atomic E-state index is -0.315. The summed E-state index contributed by atoms with van der Waals surface area (Å²) in [6.07, 6.45) is 5.51. The molecule has 0 aromatic heterocycles. The largest absolute Gasteiger partial charge is 0.445 e. The number of likely N-dealkylation sites (tertiary alicyclic amines) is 1. The maximum Gasteiger partial charge on any atom is 0.412 e. The molecule has 0 radical (unpaired) electrons. The Morgan fingerprint density at radius 1 is 1.58 bits per heavy atom. The van der Waals surface area contributed by atoms with Gasteiger partial charge in [0.25, 0.3) is 0 Å². The Balaban J connectivity index is 1.74. The maximum atomic E-state index is 12.1. The first-order valence-corrected chi connectivity index (χ1v) is 6.95. The van der Waals surface area contributed by atoms with Gasteiger partial charge in [0.2, 0.25) is 0 Å². The third kappa shape index (κ3) is 1.96. The van der Waals surface area contributed by atoms with Gasteiger partial charge in [0.05, 0.1) is 11.7 Å². The Hall–Kier alpha value is -1.07. The van der Waals surface area contributed by atoms with Crippen LogP contribution in [0, 0.1) is 5.92 Å². The van der Waals surface area contributed by atoms with Gasteiger partial charge in [0.15, 0.2) is 0 Å². The van der Waals surface area contributed by atoms with E-state index in [2.05, 4.69) is 6.58 Å². The zero-order valence-corrected chi connectivity index (χ0v) is 11.3. The molecular formula is C14H21NO4. The number of nitrogens with zero attached hydrogens (tertiary/aromatic N) is 1. The topological polar surface area (TPSA) is 48.0 Å². The van der Waals surface area contributed by atoms with Crippen LogP contribution in [0.15, 0.2) is 12.7 Å². The van der Waals surface area contributed by atoms with Gasteiger partial charge in [-0.1, -0.05) is 12.7 Å². The molecule has 3 aliphatic heterocycles. The first-order valence-electron chi connectivity index (χ1n) is 6.95. The smallest absolute Gasteiger partial charge is 0.412 e. The normalized spacial score (nSPS) is 40.1. The Labute approximate surface area is 113 Å². The predicted octanol–water partition coefficient (Wildman–Crippen LogP) is 1.92. The van der Waals surface area contributed by atoms with E-state index in [0.29, 0.717) is 12.6 Å². The quantitative estimate of drug-likeness (QED) is 0.733. The van der Waals surface area contributed by atoms with Crippen LogP contribution in [0.3, 0.4) is 0 Å². The minimum Gasteiger partial charge on any atom is -0.445 e. The van der Waals surface area contributed by atoms with Crippen molar-refractivity contribution in [3.05, 3.63) is 12.7 Å². The Bertz CT molecular complexity index is 386. The summed E-state index contributed by atoms with van der Waals surface area (Å²) in [5.74, 6) is 0.279. The van der Waals surface area contributed by atoms with E-state index >= 15 is 0 Å². The molecule has 0 aliphatic carbocycles. The van der Waals surface area contributed by atoms with Crippen LogP contribution < -0.4 is 0 Å². The van der Waals surface area contributed by atoms with E-state index in [1.807, 2.05) is 0 Å². The number of fused-ring (bicyclic) bond motifs is 1. The lowest BCUT2D eigenvalue weighted by Gasteiger charge is -2.46. The van der Waals surface area contributed by atoms with E-state index in [-0.39, 0.29) is 30.4 Å². The highest BCUT2D eigenvalue weighted by Crippen LogP contribution is 2.54. The Kier molecular flexibility index (Phi) is 3.27. The van der Waals surface area contributed by atoms with Crippen LogP contribution in [0.1, 0.15) is 25.7 Å². The number of rotatable bonds is 3. The predicted molar refractivity (Wildman–Crippen MR) is 68.6 cm³/mol. The number of hydrogen-bond acceptors (Lipinski definition) is 4. The second-order valence-corrected chi connectivity index (χ2v) is 5.62. The number of amides is 1. The van der Waals surface area contributed by atoms with Gasteiger partial charge in [0, 0.05) is 19.6 Å². The molecule has 3 fully saturated rings. The van der Waals surface area contributed by atoms with Crippen LogP contribution in [0.25, 0.3) is 0 Å². The first-order chi connectivity index (χ1) is 9.20. The van der Waals surface area contributed by atoms with Crippen LogP contribution in [0.5, 0.6) is 0 Å². The highest BCUT2D eigenvalue weighted by Gasteiger charge is 2.60. The molecule has 1 unspecified atom stereocenters. The van der Waals surface area contributed by atoms with Gasteiger partial charge in [-0.3, -0.25) is 4.90 Å². The number of methoxy groups -OCH3 is 1. The molecule has 3 heterocycles. The van der Waals surface area contributed by atoms with Gasteiger partial charge in [-0.25, -0.2) is 4.79 Å². The van der Waals surface area contributed by atoms with Gasteiger partial charge in [0.1, 0.15) is 12.8 Å². The molecular weight excluding hydrogens is 246 g/mol. The molecule has 3 saturated heterocycles. The lowest BCUT2D eigenvalue weighted by Crippen LogP contribution is -2.58. The summed E-state index contributed by atoms with van der Waals surface area (Å²) in [6.45, 7) is 4.43. The molecule has 4 atom stereocenters. The van der Waals surface area contributed by atoms with Crippen LogP contribution in [-0.4, -0.2) is 49.2 Å². The van der Waals surface area contributed by atoms with E-state index < -0.39 is 0 Å². The van der Waals surface area contributed by atoms with Crippen molar-refractivity contribution in [1.29, 1.82) is 0 Å². The summed E-state index contributed by atoms with van der Waals surface area (Å²) < 4.78 is 16.9. The lowest BCUT2D eigenvalue weighted by atomic mass is 9.73. The zero-order valence-electron chi connectivity index (χ0n) is 11.3. The van der Waals surface area contributed by atoms with E-state index in [4.69, 9.17) is 14.2 Å². The summed E-state index contributed by atoms with van der Waals surface area (Å²) >= 11 is 0. The summed E-state index contributed by atoms with van der Waals surface area (Å²) in [7, 11) is 1.66. The van der Waals surface area contributed by atoms with Gasteiger partial charge < -0.3 is 14.2 Å². The summed E-state index contributed by atoms with van der Waals surface area (Å²) in [6, 6.07) is 0. The molecule has 3 aliphatic rings. The summed E-state index contributed by atoms with van der Waals surface area (Å²) in [4.78, 5) is 13.8. The minimum absolute atomic E-state index is 0.0550. The number of ether oxygens (including phenoxy) is 3. The summed E-state index contributed by atoms with van der Waals surface area (Å²) in [5, 5.41) is 0. The number of carbonyl (C=O) groups is 1. The molecule has 2 bridgehead atoms. The maximum absolute atomic E-state index is 12.1. The molecule has 1 spiro atoms. The molecule has 5 heteroatoms. The van der Waals surface area contributed by atoms with Gasteiger partial charge in [-0.2, -0.15) is 0 Å². The Morgan fingerprint density at radius 2 is 2.42 bits per heavy atom. The second-order valence-electron chi connectivity index (χ2n) is 5.62. The fourth-order valence-corrected chi connectivity index (χ4v) is 3.89. The third-order valence-electron chi connectivity index (χ3n) is 4.71. The molecule has 0 N–H and O–H groups in total. The van der Waals surface area contributed by atoms with Crippen molar-refractivity contribution in [2.45, 2.75) is 43.6 Å². The lowest BCUT2D eigenvalue weighted by molar-refractivity contribution is -0.145. The van der Waals surface area contributed by atoms with E-state index in [1.54, 1.807) is 18.1 Å². The van der Waals surface area contributed by atoms with Crippen molar-refractivity contribution in [1.82, 2.24) is 4.90 Å². The standard InChI is InChI=1S/C14H21NO4/c1-3-8-18-13(16)15-7-6-14-5-4-10(19-14)9-11(14)12(15)17-2/h3,10-12H,1,4-9H2,2H3/t10-,11+,12?,14-/m0/s1. The first kappa shape index (κ1) is 12.9. The van der Waals surface area contributed by atoms with Crippen molar-refractivity contribution >= 4 is 6.09 Å². The van der Waals surface area contributed by atoms with Gasteiger partial charge >= 0.3 is 6.09 Å². The van der Waals surface area contributed by atoms with Crippen molar-refractivity contribution in [2.75, 3.05) is 20.3 Å². The van der Waals surface area contributed by atoms with E-state index in [9.17, 15) is 4.79 Å². The van der Waals surface area contributed by atoms with Crippen LogP contribution in [-0.2, 0) is 14.2 Å². The zero-order chi connectivity index (χ0) is 13.5. The average Bonchev–Trinajstić information content (AvgIpc) is 2.99. The van der Waals surface area contributed by atoms with E-state index in [0.717, 1.165) is 25.7 Å². The van der Waals surface area contributed by atoms with Gasteiger partial charge in [-0.05, 0) is 25.7 Å². The highest BCUT2D eigenvalue weighted by atomic mass is 16.6. The molecule has 0 aromatic rings. The monoisotopic (exact) mass is 267 g/mol. The van der Waals surface area contributed by atoms with Crippen molar-refractivity contribution in [3.8, 4) is 0 Å². The van der Waals surface area contributed by atoms with Crippen LogP contribution >= 0.6 is 0 Å². The third-order valence-corrected chi connectivity index (χ3v) is 4.71. The SMILES string of the molecule is C=CCOC(=O)N1CC[C@@]23CC[C@@H](C[C@@H]2C1OC)O3. The van der Waals surface area contributed by atoms with Crippen LogP contribution in [0.2, 0.25) is 0 Å². The van der Waals surface area contributed by atoms with Gasteiger partial charge in [-0.15, -0.1) is 0 Å². The number of piperidine rings is 1. The number of hydrogen-bond donors (Lipinski definition) is 0. The molecule has 106 valence electrons. The fraction of sp³-hybridized carbons (Fsp3) is 0.786. The fourth-order valence-electron chi connectivity index (χ4n) is 3.89. The second kappa shape index (κ2) is 4.80. The molecule has 19 heavy (non-hydrogen) atoms. The number of carbonyl (C=O) groups excluding carboxylic acids is 1. The molecule has 3 rings (SSSR count). The van der Waals surface area contributed by atoms with Crippen LogP contribution in [0.4, 0.5) is 4.79 Å². The van der Waals surface area contributed by atoms with Crippen molar-refractivity contribution in [2.24, 2.45) is 5.92 Å².